The summed E-state index contributed by atoms with van der Waals surface area (Å²) in [4.78, 5) is 0.0540. The van der Waals surface area contributed by atoms with Crippen molar-refractivity contribution in [1.82, 2.24) is 4.31 Å². The molecule has 28 heavy (non-hydrogen) atoms. The van der Waals surface area contributed by atoms with E-state index in [9.17, 15) is 23.0 Å². The van der Waals surface area contributed by atoms with Gasteiger partial charge in [-0.1, -0.05) is 0 Å². The normalized spacial score (nSPS) is 22.8. The fraction of sp³-hybridized carbons (Fsp3) is 0.278. The molecule has 2 atom stereocenters. The Hall–Kier alpha value is -1.78. The number of sulfonamides is 1. The largest absolute Gasteiger partial charge is 0.486 e. The molecule has 1 aliphatic rings. The minimum Gasteiger partial charge on any atom is -0.486 e. The number of β-amino-alcohol motifs (C(OH)–C–C–N with tert-alkyl or cyclic N) is 1. The third-order valence-corrected chi connectivity index (χ3v) is 7.03. The van der Waals surface area contributed by atoms with Crippen molar-refractivity contribution in [3.05, 3.63) is 57.4 Å². The van der Waals surface area contributed by atoms with Crippen LogP contribution in [0.15, 0.2) is 47.4 Å². The summed E-state index contributed by atoms with van der Waals surface area (Å²) in [6, 6.07) is 11.4. The highest BCUT2D eigenvalue weighted by Crippen LogP contribution is 2.31. The zero-order valence-corrected chi connectivity index (χ0v) is 17.4. The molecule has 1 unspecified atom stereocenters. The van der Waals surface area contributed by atoms with Gasteiger partial charge in [-0.05, 0) is 59.0 Å². The Labute approximate surface area is 175 Å². The minimum absolute atomic E-state index is 0.0156. The highest BCUT2D eigenvalue weighted by Gasteiger charge is 2.50. The Morgan fingerprint density at radius 3 is 2.57 bits per heavy atom. The van der Waals surface area contributed by atoms with Crippen molar-refractivity contribution in [2.45, 2.75) is 16.6 Å². The van der Waals surface area contributed by atoms with E-state index < -0.39 is 34.2 Å². The summed E-state index contributed by atoms with van der Waals surface area (Å²) in [7, 11) is -3.92. The van der Waals surface area contributed by atoms with Gasteiger partial charge >= 0.3 is 0 Å². The molecule has 1 saturated heterocycles. The van der Waals surface area contributed by atoms with Crippen LogP contribution in [-0.4, -0.2) is 54.3 Å². The Balaban J connectivity index is 1.86. The lowest BCUT2D eigenvalue weighted by atomic mass is 10.0. The van der Waals surface area contributed by atoms with Crippen LogP contribution in [0.2, 0.25) is 0 Å². The molecule has 1 heterocycles. The summed E-state index contributed by atoms with van der Waals surface area (Å²) < 4.78 is 47.0. The van der Waals surface area contributed by atoms with E-state index in [1.807, 2.05) is 0 Å². The van der Waals surface area contributed by atoms with Crippen molar-refractivity contribution >= 4 is 32.6 Å². The third kappa shape index (κ3) is 3.99. The van der Waals surface area contributed by atoms with Gasteiger partial charge in [-0.2, -0.15) is 9.57 Å². The van der Waals surface area contributed by atoms with Crippen molar-refractivity contribution in [2.24, 2.45) is 0 Å². The third-order valence-electron chi connectivity index (χ3n) is 4.48. The first-order chi connectivity index (χ1) is 13.2. The second-order valence-electron chi connectivity index (χ2n) is 6.37. The summed E-state index contributed by atoms with van der Waals surface area (Å²) >= 11 is 2.06. The van der Waals surface area contributed by atoms with Crippen molar-refractivity contribution in [1.29, 1.82) is 5.26 Å². The van der Waals surface area contributed by atoms with Crippen molar-refractivity contribution in [3.63, 3.8) is 0 Å². The molecule has 0 aromatic heterocycles. The number of hydrogen-bond donors (Lipinski definition) is 2. The summed E-state index contributed by atoms with van der Waals surface area (Å²) in [5, 5.41) is 29.1. The molecule has 1 aliphatic heterocycles. The molecule has 148 valence electrons. The lowest BCUT2D eigenvalue weighted by Crippen LogP contribution is -2.48. The Morgan fingerprint density at radius 2 is 2.00 bits per heavy atom. The van der Waals surface area contributed by atoms with E-state index in [-0.39, 0.29) is 29.3 Å². The summed E-state index contributed by atoms with van der Waals surface area (Å²) in [5.74, 6) is -0.782. The van der Waals surface area contributed by atoms with Crippen LogP contribution in [-0.2, 0) is 10.0 Å². The smallest absolute Gasteiger partial charge is 0.243 e. The zero-order valence-electron chi connectivity index (χ0n) is 14.4. The predicted octanol–water partition coefficient (Wildman–Crippen LogP) is 1.48. The van der Waals surface area contributed by atoms with Gasteiger partial charge in [0.15, 0.2) is 0 Å². The summed E-state index contributed by atoms with van der Waals surface area (Å²) in [6.07, 6.45) is -1.12. The molecule has 3 rings (SSSR count). The standard InChI is InChI=1S/C18H16FIN2O5S/c19-16-7-14(4-1-12(16)8-21)27-17-9-22(10-18(17,24)11-23)28(25,26)15-5-2-13(20)3-6-15/h1-7,17,23-24H,9-11H2/t17?,18-/m1/s1. The van der Waals surface area contributed by atoms with Crippen molar-refractivity contribution < 1.29 is 27.8 Å². The maximum absolute atomic E-state index is 13.8. The number of benzene rings is 2. The molecule has 2 N–H and O–H groups in total. The monoisotopic (exact) mass is 518 g/mol. The van der Waals surface area contributed by atoms with Crippen LogP contribution < -0.4 is 4.74 Å². The van der Waals surface area contributed by atoms with E-state index in [2.05, 4.69) is 22.6 Å². The SMILES string of the molecule is N#Cc1ccc(OC2CN(S(=O)(=O)c3ccc(I)cc3)C[C@@]2(O)CO)cc1F. The molecule has 1 fully saturated rings. The molecular formula is C18H16FIN2O5S. The van der Waals surface area contributed by atoms with E-state index in [1.165, 1.54) is 24.3 Å². The van der Waals surface area contributed by atoms with E-state index in [4.69, 9.17) is 10.00 Å². The molecule has 0 spiro atoms. The van der Waals surface area contributed by atoms with Crippen LogP contribution >= 0.6 is 22.6 Å². The number of hydrogen-bond acceptors (Lipinski definition) is 6. The second-order valence-corrected chi connectivity index (χ2v) is 9.56. The predicted molar refractivity (Wildman–Crippen MR) is 105 cm³/mol. The van der Waals surface area contributed by atoms with Crippen molar-refractivity contribution in [3.8, 4) is 11.8 Å². The van der Waals surface area contributed by atoms with Crippen LogP contribution in [0.4, 0.5) is 4.39 Å². The van der Waals surface area contributed by atoms with Gasteiger partial charge in [0.2, 0.25) is 10.0 Å². The van der Waals surface area contributed by atoms with Crippen molar-refractivity contribution in [2.75, 3.05) is 19.7 Å². The van der Waals surface area contributed by atoms with Crippen LogP contribution in [0.3, 0.4) is 0 Å². The van der Waals surface area contributed by atoms with E-state index in [1.54, 1.807) is 18.2 Å². The fourth-order valence-electron chi connectivity index (χ4n) is 2.89. The first-order valence-corrected chi connectivity index (χ1v) is 10.7. The minimum atomic E-state index is -3.92. The molecule has 0 bridgehead atoms. The van der Waals surface area contributed by atoms with Crippen LogP contribution in [0.5, 0.6) is 5.75 Å². The molecule has 7 nitrogen and oxygen atoms in total. The molecular weight excluding hydrogens is 502 g/mol. The zero-order chi connectivity index (χ0) is 20.5. The van der Waals surface area contributed by atoms with Gasteiger partial charge < -0.3 is 14.9 Å². The highest BCUT2D eigenvalue weighted by molar-refractivity contribution is 14.1. The van der Waals surface area contributed by atoms with Gasteiger partial charge in [-0.25, -0.2) is 12.8 Å². The van der Waals surface area contributed by atoms with Gasteiger partial charge in [0.25, 0.3) is 0 Å². The summed E-state index contributed by atoms with van der Waals surface area (Å²) in [6.45, 7) is -1.34. The molecule has 0 radical (unpaired) electrons. The van der Waals surface area contributed by atoms with Gasteiger partial charge in [0.1, 0.15) is 29.3 Å². The average Bonchev–Trinajstić information content (AvgIpc) is 3.00. The quantitative estimate of drug-likeness (QED) is 0.581. The van der Waals surface area contributed by atoms with Crippen LogP contribution in [0, 0.1) is 20.7 Å². The number of nitrogens with zero attached hydrogens (tertiary/aromatic N) is 2. The first kappa shape index (κ1) is 20.9. The molecule has 0 aliphatic carbocycles. The lowest BCUT2D eigenvalue weighted by molar-refractivity contribution is -0.0641. The van der Waals surface area contributed by atoms with Gasteiger partial charge in [-0.3, -0.25) is 0 Å². The van der Waals surface area contributed by atoms with E-state index in [0.717, 1.165) is 13.9 Å². The van der Waals surface area contributed by atoms with E-state index >= 15 is 0 Å². The highest BCUT2D eigenvalue weighted by atomic mass is 127. The summed E-state index contributed by atoms with van der Waals surface area (Å²) in [5.41, 5.74) is -2.03. The number of aliphatic hydroxyl groups excluding tert-OH is 1. The molecule has 0 amide bonds. The van der Waals surface area contributed by atoms with Gasteiger partial charge in [0.05, 0.1) is 23.6 Å². The first-order valence-electron chi connectivity index (χ1n) is 8.15. The molecule has 10 heteroatoms. The number of nitriles is 1. The number of aliphatic hydroxyl groups is 2. The Kier molecular flexibility index (Phi) is 5.92. The topological polar surface area (TPSA) is 111 Å². The molecule has 2 aromatic rings. The maximum Gasteiger partial charge on any atom is 0.243 e. The van der Waals surface area contributed by atoms with E-state index in [0.29, 0.717) is 0 Å². The maximum atomic E-state index is 13.8. The lowest BCUT2D eigenvalue weighted by Gasteiger charge is -2.27. The Morgan fingerprint density at radius 1 is 1.32 bits per heavy atom. The fourth-order valence-corrected chi connectivity index (χ4v) is 4.75. The van der Waals surface area contributed by atoms with Crippen LogP contribution in [0.1, 0.15) is 5.56 Å². The Bertz CT molecular complexity index is 1030. The molecule has 0 saturated carbocycles. The molecule has 2 aromatic carbocycles. The second kappa shape index (κ2) is 7.92. The van der Waals surface area contributed by atoms with Gasteiger partial charge in [-0.15, -0.1) is 0 Å². The number of rotatable bonds is 5. The van der Waals surface area contributed by atoms with Gasteiger partial charge in [0, 0.05) is 16.2 Å². The van der Waals surface area contributed by atoms with Crippen LogP contribution in [0.25, 0.3) is 0 Å². The number of halogens is 2. The number of ether oxygens (including phenoxy) is 1. The average molecular weight is 518 g/mol.